The van der Waals surface area contributed by atoms with Gasteiger partial charge in [-0.05, 0) is 66.6 Å². The topological polar surface area (TPSA) is 71.0 Å². The van der Waals surface area contributed by atoms with Crippen molar-refractivity contribution < 1.29 is 19.7 Å². The van der Waals surface area contributed by atoms with E-state index in [2.05, 4.69) is 5.32 Å². The molecular formula is C22H29NO4. The maximum absolute atomic E-state index is 10.2. The minimum Gasteiger partial charge on any atom is -0.508 e. The van der Waals surface area contributed by atoms with Crippen LogP contribution >= 0.6 is 0 Å². The van der Waals surface area contributed by atoms with E-state index in [4.69, 9.17) is 9.47 Å². The number of hydrogen-bond donors (Lipinski definition) is 3. The van der Waals surface area contributed by atoms with E-state index in [0.717, 1.165) is 31.4 Å². The molecule has 0 radical (unpaired) electrons. The minimum atomic E-state index is -0.566. The normalized spacial score (nSPS) is 17.3. The Morgan fingerprint density at radius 2 is 1.96 bits per heavy atom. The molecule has 0 fully saturated rings. The number of phenolic OH excluding ortho intramolecular Hbond substituents is 1. The third-order valence-corrected chi connectivity index (χ3v) is 5.02. The Morgan fingerprint density at radius 3 is 2.74 bits per heavy atom. The second-order valence-electron chi connectivity index (χ2n) is 7.15. The van der Waals surface area contributed by atoms with Crippen LogP contribution in [0, 0.1) is 0 Å². The standard InChI is InChI=1S/C22H29NO4/c1-26-11-10-16-2-8-22(9-3-16)27-15-21(25)14-23-19-6-4-17-5-7-20(24)13-18(17)12-19/h2-3,5,7-9,13,19,21,23-25H,4,6,10-12,14-15H2,1H3. The van der Waals surface area contributed by atoms with Gasteiger partial charge in [-0.1, -0.05) is 18.2 Å². The van der Waals surface area contributed by atoms with Gasteiger partial charge in [-0.25, -0.2) is 0 Å². The summed E-state index contributed by atoms with van der Waals surface area (Å²) in [5, 5.41) is 23.3. The Kier molecular flexibility index (Phi) is 7.10. The van der Waals surface area contributed by atoms with Crippen LogP contribution in [-0.2, 0) is 24.0 Å². The highest BCUT2D eigenvalue weighted by molar-refractivity contribution is 5.37. The van der Waals surface area contributed by atoms with Crippen LogP contribution in [-0.4, -0.2) is 49.2 Å². The Hall–Kier alpha value is -2.08. The zero-order chi connectivity index (χ0) is 19.1. The molecule has 2 aromatic rings. The molecule has 27 heavy (non-hydrogen) atoms. The van der Waals surface area contributed by atoms with Crippen molar-refractivity contribution in [2.75, 3.05) is 26.9 Å². The van der Waals surface area contributed by atoms with Gasteiger partial charge >= 0.3 is 0 Å². The van der Waals surface area contributed by atoms with Gasteiger partial charge in [0.05, 0.1) is 6.61 Å². The molecular weight excluding hydrogens is 342 g/mol. The number of benzene rings is 2. The number of aryl methyl sites for hydroxylation is 1. The van der Waals surface area contributed by atoms with Crippen LogP contribution in [0.15, 0.2) is 42.5 Å². The number of hydrogen-bond acceptors (Lipinski definition) is 5. The predicted molar refractivity (Wildman–Crippen MR) is 105 cm³/mol. The monoisotopic (exact) mass is 371 g/mol. The average molecular weight is 371 g/mol. The van der Waals surface area contributed by atoms with E-state index in [9.17, 15) is 10.2 Å². The van der Waals surface area contributed by atoms with Crippen molar-refractivity contribution in [1.82, 2.24) is 5.32 Å². The molecule has 3 N–H and O–H groups in total. The second kappa shape index (κ2) is 9.74. The van der Waals surface area contributed by atoms with E-state index in [1.807, 2.05) is 36.4 Å². The lowest BCUT2D eigenvalue weighted by Gasteiger charge is -2.26. The summed E-state index contributed by atoms with van der Waals surface area (Å²) in [6, 6.07) is 13.8. The van der Waals surface area contributed by atoms with Gasteiger partial charge in [-0.15, -0.1) is 0 Å². The minimum absolute atomic E-state index is 0.258. The quantitative estimate of drug-likeness (QED) is 0.632. The highest BCUT2D eigenvalue weighted by atomic mass is 16.5. The van der Waals surface area contributed by atoms with Gasteiger partial charge in [0.2, 0.25) is 0 Å². The van der Waals surface area contributed by atoms with Crippen LogP contribution in [0.4, 0.5) is 0 Å². The van der Waals surface area contributed by atoms with Crippen molar-refractivity contribution in [1.29, 1.82) is 0 Å². The van der Waals surface area contributed by atoms with Crippen LogP contribution in [0.3, 0.4) is 0 Å². The smallest absolute Gasteiger partial charge is 0.119 e. The molecule has 0 aliphatic heterocycles. The SMILES string of the molecule is COCCc1ccc(OCC(O)CNC2CCc3ccc(O)cc3C2)cc1. The largest absolute Gasteiger partial charge is 0.508 e. The van der Waals surface area contributed by atoms with Crippen molar-refractivity contribution in [3.05, 3.63) is 59.2 Å². The highest BCUT2D eigenvalue weighted by Crippen LogP contribution is 2.25. The Bertz CT molecular complexity index is 717. The summed E-state index contributed by atoms with van der Waals surface area (Å²) in [6.07, 6.45) is 3.22. The zero-order valence-electron chi connectivity index (χ0n) is 15.9. The number of rotatable bonds is 9. The van der Waals surface area contributed by atoms with Crippen LogP contribution in [0.1, 0.15) is 23.1 Å². The summed E-state index contributed by atoms with van der Waals surface area (Å²) >= 11 is 0. The van der Waals surface area contributed by atoms with Crippen molar-refractivity contribution >= 4 is 0 Å². The van der Waals surface area contributed by atoms with Gasteiger partial charge in [0.1, 0.15) is 24.2 Å². The molecule has 5 heteroatoms. The number of phenols is 1. The van der Waals surface area contributed by atoms with E-state index >= 15 is 0 Å². The van der Waals surface area contributed by atoms with Crippen molar-refractivity contribution in [2.45, 2.75) is 37.8 Å². The molecule has 5 nitrogen and oxygen atoms in total. The van der Waals surface area contributed by atoms with Crippen LogP contribution in [0.5, 0.6) is 11.5 Å². The molecule has 0 spiro atoms. The first-order chi connectivity index (χ1) is 13.1. The van der Waals surface area contributed by atoms with Crippen molar-refractivity contribution in [2.24, 2.45) is 0 Å². The molecule has 3 rings (SSSR count). The number of ether oxygens (including phenoxy) is 2. The summed E-state index contributed by atoms with van der Waals surface area (Å²) in [7, 11) is 1.70. The Balaban J connectivity index is 1.39. The van der Waals surface area contributed by atoms with Crippen LogP contribution in [0.2, 0.25) is 0 Å². The average Bonchev–Trinajstić information content (AvgIpc) is 2.69. The third kappa shape index (κ3) is 5.96. The van der Waals surface area contributed by atoms with Crippen molar-refractivity contribution in [3.63, 3.8) is 0 Å². The Morgan fingerprint density at radius 1 is 1.15 bits per heavy atom. The van der Waals surface area contributed by atoms with E-state index < -0.39 is 6.10 Å². The van der Waals surface area contributed by atoms with E-state index in [-0.39, 0.29) is 6.61 Å². The fourth-order valence-electron chi connectivity index (χ4n) is 3.44. The lowest BCUT2D eigenvalue weighted by molar-refractivity contribution is 0.103. The third-order valence-electron chi connectivity index (χ3n) is 5.02. The number of methoxy groups -OCH3 is 1. The van der Waals surface area contributed by atoms with E-state index in [1.54, 1.807) is 13.2 Å². The molecule has 0 saturated carbocycles. The van der Waals surface area contributed by atoms with E-state index in [1.165, 1.54) is 16.7 Å². The summed E-state index contributed by atoms with van der Waals surface area (Å²) in [5.74, 6) is 1.08. The first-order valence-electron chi connectivity index (χ1n) is 9.57. The van der Waals surface area contributed by atoms with Gasteiger partial charge in [0, 0.05) is 19.7 Å². The fraction of sp³-hybridized carbons (Fsp3) is 0.455. The predicted octanol–water partition coefficient (Wildman–Crippen LogP) is 2.47. The maximum atomic E-state index is 10.2. The molecule has 0 aromatic heterocycles. The Labute approximate surface area is 160 Å². The number of aliphatic hydroxyl groups excluding tert-OH is 1. The molecule has 2 unspecified atom stereocenters. The van der Waals surface area contributed by atoms with Crippen LogP contribution < -0.4 is 10.1 Å². The van der Waals surface area contributed by atoms with Gasteiger partial charge in [-0.3, -0.25) is 0 Å². The number of aromatic hydroxyl groups is 1. The van der Waals surface area contributed by atoms with Crippen LogP contribution in [0.25, 0.3) is 0 Å². The summed E-state index contributed by atoms with van der Waals surface area (Å²) in [4.78, 5) is 0. The van der Waals surface area contributed by atoms with Gasteiger partial charge < -0.3 is 25.0 Å². The van der Waals surface area contributed by atoms with Gasteiger partial charge in [-0.2, -0.15) is 0 Å². The number of aliphatic hydroxyl groups is 1. The molecule has 0 saturated heterocycles. The molecule has 1 aliphatic rings. The molecule has 0 heterocycles. The second-order valence-corrected chi connectivity index (χ2v) is 7.15. The molecule has 1 aliphatic carbocycles. The fourth-order valence-corrected chi connectivity index (χ4v) is 3.44. The molecule has 0 amide bonds. The number of fused-ring (bicyclic) bond motifs is 1. The van der Waals surface area contributed by atoms with E-state index in [0.29, 0.717) is 24.9 Å². The molecule has 2 aromatic carbocycles. The highest BCUT2D eigenvalue weighted by Gasteiger charge is 2.19. The van der Waals surface area contributed by atoms with Crippen molar-refractivity contribution in [3.8, 4) is 11.5 Å². The number of nitrogens with one attached hydrogen (secondary N) is 1. The summed E-state index contributed by atoms with van der Waals surface area (Å²) < 4.78 is 10.8. The molecule has 146 valence electrons. The molecule has 0 bridgehead atoms. The first-order valence-corrected chi connectivity index (χ1v) is 9.57. The maximum Gasteiger partial charge on any atom is 0.119 e. The lowest BCUT2D eigenvalue weighted by Crippen LogP contribution is -2.40. The zero-order valence-corrected chi connectivity index (χ0v) is 15.9. The summed E-state index contributed by atoms with van der Waals surface area (Å²) in [6.45, 7) is 1.45. The first kappa shape index (κ1) is 19.7. The van der Waals surface area contributed by atoms with Gasteiger partial charge in [0.25, 0.3) is 0 Å². The van der Waals surface area contributed by atoms with Gasteiger partial charge in [0.15, 0.2) is 0 Å². The molecule has 2 atom stereocenters. The summed E-state index contributed by atoms with van der Waals surface area (Å²) in [5.41, 5.74) is 3.71. The lowest BCUT2D eigenvalue weighted by atomic mass is 9.88.